The molecule has 0 aliphatic heterocycles. The summed E-state index contributed by atoms with van der Waals surface area (Å²) in [4.78, 5) is 0. The quantitative estimate of drug-likeness (QED) is 0.505. The first-order valence-corrected chi connectivity index (χ1v) is 8.80. The van der Waals surface area contributed by atoms with E-state index >= 15 is 0 Å². The Morgan fingerprint density at radius 2 is 1.79 bits per heavy atom. The summed E-state index contributed by atoms with van der Waals surface area (Å²) in [6.07, 6.45) is 0. The van der Waals surface area contributed by atoms with E-state index in [2.05, 4.69) is 48.4 Å². The molecule has 1 heterocycles. The summed E-state index contributed by atoms with van der Waals surface area (Å²) in [6, 6.07) is 14.3. The first kappa shape index (κ1) is 16.5. The van der Waals surface area contributed by atoms with Crippen LogP contribution in [0.1, 0.15) is 16.7 Å². The second-order valence-corrected chi connectivity index (χ2v) is 6.71. The zero-order valence-electron chi connectivity index (χ0n) is 14.1. The van der Waals surface area contributed by atoms with E-state index in [1.54, 1.807) is 16.4 Å². The summed E-state index contributed by atoms with van der Waals surface area (Å²) >= 11 is 1.58. The second-order valence-electron chi connectivity index (χ2n) is 5.65. The standard InChI is InChI=1S/C18H20N4OS/c1-13-4-7-16(8-5-13)22-18(19-20-21-22)24-11-10-23-17-9-6-14(2)15(3)12-17/h4-9,12H,10-11H2,1-3H3. The van der Waals surface area contributed by atoms with E-state index in [9.17, 15) is 0 Å². The van der Waals surface area contributed by atoms with Crippen molar-refractivity contribution in [1.29, 1.82) is 0 Å². The molecule has 6 heteroatoms. The highest BCUT2D eigenvalue weighted by atomic mass is 32.2. The van der Waals surface area contributed by atoms with Crippen molar-refractivity contribution in [3.8, 4) is 11.4 Å². The number of rotatable bonds is 6. The molecule has 0 radical (unpaired) electrons. The second kappa shape index (κ2) is 7.49. The number of hydrogen-bond donors (Lipinski definition) is 0. The van der Waals surface area contributed by atoms with Gasteiger partial charge in [-0.3, -0.25) is 0 Å². The maximum absolute atomic E-state index is 5.80. The summed E-state index contributed by atoms with van der Waals surface area (Å²) in [5.41, 5.74) is 4.68. The van der Waals surface area contributed by atoms with Gasteiger partial charge in [0.05, 0.1) is 12.3 Å². The molecule has 0 saturated heterocycles. The summed E-state index contributed by atoms with van der Waals surface area (Å²) in [5, 5.41) is 12.7. The van der Waals surface area contributed by atoms with Crippen molar-refractivity contribution in [3.05, 3.63) is 59.2 Å². The monoisotopic (exact) mass is 340 g/mol. The molecule has 0 unspecified atom stereocenters. The number of hydrogen-bond acceptors (Lipinski definition) is 5. The van der Waals surface area contributed by atoms with Crippen molar-refractivity contribution in [2.24, 2.45) is 0 Å². The maximum Gasteiger partial charge on any atom is 0.214 e. The van der Waals surface area contributed by atoms with Crippen molar-refractivity contribution in [1.82, 2.24) is 20.2 Å². The van der Waals surface area contributed by atoms with Gasteiger partial charge in [-0.1, -0.05) is 35.5 Å². The molecular weight excluding hydrogens is 320 g/mol. The molecule has 3 aromatic rings. The Morgan fingerprint density at radius 1 is 1.00 bits per heavy atom. The number of nitrogens with zero attached hydrogens (tertiary/aromatic N) is 4. The maximum atomic E-state index is 5.80. The Kier molecular flexibility index (Phi) is 5.15. The van der Waals surface area contributed by atoms with Crippen LogP contribution in [-0.2, 0) is 0 Å². The van der Waals surface area contributed by atoms with E-state index in [1.807, 2.05) is 30.3 Å². The van der Waals surface area contributed by atoms with Crippen molar-refractivity contribution >= 4 is 11.8 Å². The molecule has 124 valence electrons. The van der Waals surface area contributed by atoms with Crippen LogP contribution in [0, 0.1) is 20.8 Å². The highest BCUT2D eigenvalue weighted by Gasteiger charge is 2.08. The van der Waals surface area contributed by atoms with E-state index in [4.69, 9.17) is 4.74 Å². The Hall–Kier alpha value is -2.34. The highest BCUT2D eigenvalue weighted by Crippen LogP contribution is 2.20. The van der Waals surface area contributed by atoms with Crippen molar-refractivity contribution in [3.63, 3.8) is 0 Å². The SMILES string of the molecule is Cc1ccc(-n2nnnc2SCCOc2ccc(C)c(C)c2)cc1. The van der Waals surface area contributed by atoms with E-state index in [-0.39, 0.29) is 0 Å². The van der Waals surface area contributed by atoms with E-state index < -0.39 is 0 Å². The Balaban J connectivity index is 1.57. The van der Waals surface area contributed by atoms with E-state index in [1.165, 1.54) is 16.7 Å². The van der Waals surface area contributed by atoms with Gasteiger partial charge in [-0.05, 0) is 66.6 Å². The number of ether oxygens (including phenoxy) is 1. The van der Waals surface area contributed by atoms with Crippen LogP contribution < -0.4 is 4.74 Å². The van der Waals surface area contributed by atoms with Gasteiger partial charge in [0.25, 0.3) is 0 Å². The smallest absolute Gasteiger partial charge is 0.214 e. The highest BCUT2D eigenvalue weighted by molar-refractivity contribution is 7.99. The number of benzene rings is 2. The molecule has 0 aliphatic carbocycles. The van der Waals surface area contributed by atoms with Gasteiger partial charge in [-0.25, -0.2) is 0 Å². The number of tetrazole rings is 1. The van der Waals surface area contributed by atoms with Gasteiger partial charge in [0.1, 0.15) is 5.75 Å². The lowest BCUT2D eigenvalue weighted by Gasteiger charge is -2.08. The van der Waals surface area contributed by atoms with Gasteiger partial charge in [-0.15, -0.1) is 5.10 Å². The summed E-state index contributed by atoms with van der Waals surface area (Å²) in [6.45, 7) is 6.85. The van der Waals surface area contributed by atoms with Crippen LogP contribution in [0.5, 0.6) is 5.75 Å². The molecule has 24 heavy (non-hydrogen) atoms. The van der Waals surface area contributed by atoms with E-state index in [0.717, 1.165) is 22.3 Å². The molecule has 5 nitrogen and oxygen atoms in total. The van der Waals surface area contributed by atoms with E-state index in [0.29, 0.717) is 6.61 Å². The predicted molar refractivity (Wildman–Crippen MR) is 96.0 cm³/mol. The molecule has 0 amide bonds. The van der Waals surface area contributed by atoms with Gasteiger partial charge < -0.3 is 4.74 Å². The lowest BCUT2D eigenvalue weighted by Crippen LogP contribution is -2.03. The number of thioether (sulfide) groups is 1. The fourth-order valence-electron chi connectivity index (χ4n) is 2.21. The zero-order chi connectivity index (χ0) is 16.9. The minimum atomic E-state index is 0.605. The molecule has 0 saturated carbocycles. The largest absolute Gasteiger partial charge is 0.493 e. The van der Waals surface area contributed by atoms with Gasteiger partial charge >= 0.3 is 0 Å². The molecular formula is C18H20N4OS. The molecule has 0 atom stereocenters. The summed E-state index contributed by atoms with van der Waals surface area (Å²) in [7, 11) is 0. The van der Waals surface area contributed by atoms with Crippen LogP contribution in [0.3, 0.4) is 0 Å². The van der Waals surface area contributed by atoms with Crippen LogP contribution in [0.15, 0.2) is 47.6 Å². The molecule has 0 fully saturated rings. The lowest BCUT2D eigenvalue weighted by molar-refractivity contribution is 0.343. The summed E-state index contributed by atoms with van der Waals surface area (Å²) < 4.78 is 7.55. The van der Waals surface area contributed by atoms with Crippen LogP contribution in [0.2, 0.25) is 0 Å². The zero-order valence-corrected chi connectivity index (χ0v) is 14.9. The van der Waals surface area contributed by atoms with Crippen molar-refractivity contribution in [2.45, 2.75) is 25.9 Å². The average molecular weight is 340 g/mol. The van der Waals surface area contributed by atoms with Crippen LogP contribution in [0.4, 0.5) is 0 Å². The minimum absolute atomic E-state index is 0.605. The van der Waals surface area contributed by atoms with Gasteiger partial charge in [0.2, 0.25) is 5.16 Å². The third kappa shape index (κ3) is 3.94. The number of aromatic nitrogens is 4. The normalized spacial score (nSPS) is 10.8. The molecule has 0 N–H and O–H groups in total. The topological polar surface area (TPSA) is 52.8 Å². The third-order valence-corrected chi connectivity index (χ3v) is 4.66. The molecule has 2 aromatic carbocycles. The van der Waals surface area contributed by atoms with Crippen LogP contribution >= 0.6 is 11.8 Å². The van der Waals surface area contributed by atoms with Crippen LogP contribution in [0.25, 0.3) is 5.69 Å². The van der Waals surface area contributed by atoms with Gasteiger partial charge in [-0.2, -0.15) is 4.68 Å². The molecule has 0 spiro atoms. The number of aryl methyl sites for hydroxylation is 3. The average Bonchev–Trinajstić information content (AvgIpc) is 3.04. The van der Waals surface area contributed by atoms with Crippen LogP contribution in [-0.4, -0.2) is 32.6 Å². The Bertz CT molecular complexity index is 814. The fourth-order valence-corrected chi connectivity index (χ4v) is 2.92. The molecule has 0 bridgehead atoms. The summed E-state index contributed by atoms with van der Waals surface area (Å²) in [5.74, 6) is 1.68. The first-order chi connectivity index (χ1) is 11.6. The van der Waals surface area contributed by atoms with Gasteiger partial charge in [0.15, 0.2) is 0 Å². The first-order valence-electron chi connectivity index (χ1n) is 7.82. The molecule has 1 aromatic heterocycles. The predicted octanol–water partition coefficient (Wildman–Crippen LogP) is 3.76. The minimum Gasteiger partial charge on any atom is -0.493 e. The third-order valence-electron chi connectivity index (χ3n) is 3.78. The van der Waals surface area contributed by atoms with Crippen molar-refractivity contribution in [2.75, 3.05) is 12.4 Å². The van der Waals surface area contributed by atoms with Gasteiger partial charge in [0, 0.05) is 5.75 Å². The lowest BCUT2D eigenvalue weighted by atomic mass is 10.1. The molecule has 0 aliphatic rings. The Morgan fingerprint density at radius 3 is 2.54 bits per heavy atom. The Labute approximate surface area is 146 Å². The molecule has 3 rings (SSSR count). The van der Waals surface area contributed by atoms with Crippen molar-refractivity contribution < 1.29 is 4.74 Å². The fraction of sp³-hybridized carbons (Fsp3) is 0.278.